The molecular formula is C22H22N4O6. The fourth-order valence-electron chi connectivity index (χ4n) is 3.27. The number of nitrogens with zero attached hydrogens (tertiary/aromatic N) is 2. The average molecular weight is 438 g/mol. The van der Waals surface area contributed by atoms with Gasteiger partial charge in [-0.3, -0.25) is 34.2 Å². The third-order valence-electron chi connectivity index (χ3n) is 5.00. The maximum Gasteiger partial charge on any atom is 0.270 e. The van der Waals surface area contributed by atoms with Crippen molar-refractivity contribution in [3.63, 3.8) is 0 Å². The molecule has 3 rings (SSSR count). The van der Waals surface area contributed by atoms with Crippen molar-refractivity contribution in [2.75, 3.05) is 19.6 Å². The van der Waals surface area contributed by atoms with Crippen molar-refractivity contribution >= 4 is 29.3 Å². The van der Waals surface area contributed by atoms with Gasteiger partial charge in [0.1, 0.15) is 0 Å². The monoisotopic (exact) mass is 438 g/mol. The Morgan fingerprint density at radius 3 is 2.31 bits per heavy atom. The summed E-state index contributed by atoms with van der Waals surface area (Å²) in [6, 6.07) is 10.7. The van der Waals surface area contributed by atoms with Crippen LogP contribution in [-0.2, 0) is 4.79 Å². The van der Waals surface area contributed by atoms with Crippen molar-refractivity contribution in [2.24, 2.45) is 0 Å². The number of imide groups is 1. The molecule has 2 N–H and O–H groups in total. The lowest BCUT2D eigenvalue weighted by Crippen LogP contribution is -2.35. The van der Waals surface area contributed by atoms with Gasteiger partial charge in [-0.15, -0.1) is 0 Å². The van der Waals surface area contributed by atoms with E-state index in [-0.39, 0.29) is 61.1 Å². The van der Waals surface area contributed by atoms with Crippen LogP contribution in [0.3, 0.4) is 0 Å². The first-order valence-corrected chi connectivity index (χ1v) is 10.0. The van der Waals surface area contributed by atoms with E-state index < -0.39 is 16.7 Å². The molecule has 0 aliphatic carbocycles. The van der Waals surface area contributed by atoms with Crippen LogP contribution in [0.1, 0.15) is 49.5 Å². The SMILES string of the molecule is Cc1ccc(C(=O)NCCNC(=O)CCCN2C(=O)c3ccc([N+](=O)[O-])cc3C2=O)cc1. The number of amides is 4. The van der Waals surface area contributed by atoms with Gasteiger partial charge in [0.2, 0.25) is 5.91 Å². The highest BCUT2D eigenvalue weighted by Crippen LogP contribution is 2.26. The Balaban J connectivity index is 1.39. The van der Waals surface area contributed by atoms with E-state index in [1.54, 1.807) is 12.1 Å². The standard InChI is InChI=1S/C22H22N4O6/c1-14-4-6-15(7-5-14)20(28)24-11-10-23-19(27)3-2-12-25-21(29)17-9-8-16(26(31)32)13-18(17)22(25)30/h4-9,13H,2-3,10-12H2,1H3,(H,23,27)(H,24,28). The quantitative estimate of drug-likeness (QED) is 0.265. The van der Waals surface area contributed by atoms with E-state index >= 15 is 0 Å². The highest BCUT2D eigenvalue weighted by atomic mass is 16.6. The molecular weight excluding hydrogens is 416 g/mol. The van der Waals surface area contributed by atoms with Crippen LogP contribution in [-0.4, -0.2) is 53.1 Å². The van der Waals surface area contributed by atoms with Gasteiger partial charge in [-0.05, 0) is 31.5 Å². The molecule has 2 aromatic carbocycles. The second-order valence-corrected chi connectivity index (χ2v) is 7.32. The molecule has 0 fully saturated rings. The molecule has 10 nitrogen and oxygen atoms in total. The van der Waals surface area contributed by atoms with Gasteiger partial charge in [0.05, 0.1) is 16.1 Å². The van der Waals surface area contributed by atoms with E-state index in [1.165, 1.54) is 12.1 Å². The van der Waals surface area contributed by atoms with Crippen molar-refractivity contribution in [3.05, 3.63) is 74.8 Å². The smallest absolute Gasteiger partial charge is 0.270 e. The number of nitro benzene ring substituents is 1. The van der Waals surface area contributed by atoms with Crippen LogP contribution in [0, 0.1) is 17.0 Å². The van der Waals surface area contributed by atoms with Crippen molar-refractivity contribution in [1.82, 2.24) is 15.5 Å². The van der Waals surface area contributed by atoms with E-state index in [2.05, 4.69) is 10.6 Å². The zero-order valence-corrected chi connectivity index (χ0v) is 17.4. The zero-order valence-electron chi connectivity index (χ0n) is 17.4. The second-order valence-electron chi connectivity index (χ2n) is 7.32. The molecule has 4 amide bonds. The Bertz CT molecular complexity index is 1080. The number of aryl methyl sites for hydroxylation is 1. The van der Waals surface area contributed by atoms with Gasteiger partial charge >= 0.3 is 0 Å². The molecule has 0 radical (unpaired) electrons. The Labute approximate surface area is 183 Å². The number of non-ortho nitro benzene ring substituents is 1. The molecule has 0 aromatic heterocycles. The van der Waals surface area contributed by atoms with Crippen molar-refractivity contribution in [2.45, 2.75) is 19.8 Å². The summed E-state index contributed by atoms with van der Waals surface area (Å²) in [7, 11) is 0. The molecule has 0 unspecified atom stereocenters. The molecule has 0 atom stereocenters. The Morgan fingerprint density at radius 1 is 0.969 bits per heavy atom. The number of hydrogen-bond acceptors (Lipinski definition) is 6. The van der Waals surface area contributed by atoms with Crippen LogP contribution in [0.2, 0.25) is 0 Å². The average Bonchev–Trinajstić information content (AvgIpc) is 3.01. The molecule has 0 bridgehead atoms. The van der Waals surface area contributed by atoms with E-state index in [4.69, 9.17) is 0 Å². The number of fused-ring (bicyclic) bond motifs is 1. The van der Waals surface area contributed by atoms with Crippen molar-refractivity contribution < 1.29 is 24.1 Å². The first kappa shape index (κ1) is 22.6. The molecule has 32 heavy (non-hydrogen) atoms. The van der Waals surface area contributed by atoms with Gasteiger partial charge in [0.15, 0.2) is 0 Å². The molecule has 166 valence electrons. The summed E-state index contributed by atoms with van der Waals surface area (Å²) in [6.07, 6.45) is 0.328. The van der Waals surface area contributed by atoms with Crippen LogP contribution in [0.15, 0.2) is 42.5 Å². The summed E-state index contributed by atoms with van der Waals surface area (Å²) >= 11 is 0. The largest absolute Gasteiger partial charge is 0.354 e. The third-order valence-corrected chi connectivity index (χ3v) is 5.00. The highest BCUT2D eigenvalue weighted by molar-refractivity contribution is 6.21. The lowest BCUT2D eigenvalue weighted by Gasteiger charge is -2.13. The summed E-state index contributed by atoms with van der Waals surface area (Å²) < 4.78 is 0. The van der Waals surface area contributed by atoms with Crippen LogP contribution in [0.25, 0.3) is 0 Å². The summed E-state index contributed by atoms with van der Waals surface area (Å²) in [5, 5.41) is 16.3. The van der Waals surface area contributed by atoms with Crippen LogP contribution < -0.4 is 10.6 Å². The zero-order chi connectivity index (χ0) is 23.3. The summed E-state index contributed by atoms with van der Waals surface area (Å²) in [6.45, 7) is 2.46. The number of nitrogens with one attached hydrogen (secondary N) is 2. The maximum atomic E-state index is 12.4. The molecule has 0 saturated heterocycles. The van der Waals surface area contributed by atoms with Crippen LogP contribution in [0.4, 0.5) is 5.69 Å². The Kier molecular flexibility index (Phi) is 6.93. The van der Waals surface area contributed by atoms with Crippen molar-refractivity contribution in [1.29, 1.82) is 0 Å². The summed E-state index contributed by atoms with van der Waals surface area (Å²) in [5.74, 6) is -1.64. The van der Waals surface area contributed by atoms with Gasteiger partial charge in [-0.25, -0.2) is 0 Å². The van der Waals surface area contributed by atoms with Gasteiger partial charge in [-0.2, -0.15) is 0 Å². The summed E-state index contributed by atoms with van der Waals surface area (Å²) in [5.41, 5.74) is 1.44. The van der Waals surface area contributed by atoms with E-state index in [9.17, 15) is 29.3 Å². The fraction of sp³-hybridized carbons (Fsp3) is 0.273. The first-order chi connectivity index (χ1) is 15.3. The highest BCUT2D eigenvalue weighted by Gasteiger charge is 2.36. The number of nitro groups is 1. The topological polar surface area (TPSA) is 139 Å². The molecule has 1 aliphatic heterocycles. The molecule has 0 saturated carbocycles. The van der Waals surface area contributed by atoms with E-state index in [1.807, 2.05) is 19.1 Å². The predicted molar refractivity (Wildman–Crippen MR) is 114 cm³/mol. The predicted octanol–water partition coefficient (Wildman–Crippen LogP) is 1.83. The minimum absolute atomic E-state index is 0.00188. The van der Waals surface area contributed by atoms with Gasteiger partial charge in [-0.1, -0.05) is 17.7 Å². The number of carbonyl (C=O) groups excluding carboxylic acids is 4. The summed E-state index contributed by atoms with van der Waals surface area (Å²) in [4.78, 5) is 60.0. The first-order valence-electron chi connectivity index (χ1n) is 10.0. The maximum absolute atomic E-state index is 12.4. The third kappa shape index (κ3) is 5.15. The Hall–Kier alpha value is -4.08. The molecule has 0 spiro atoms. The number of rotatable bonds is 9. The van der Waals surface area contributed by atoms with Crippen molar-refractivity contribution in [3.8, 4) is 0 Å². The van der Waals surface area contributed by atoms with Crippen LogP contribution in [0.5, 0.6) is 0 Å². The number of carbonyl (C=O) groups is 4. The second kappa shape index (κ2) is 9.82. The Morgan fingerprint density at radius 2 is 1.62 bits per heavy atom. The van der Waals surface area contributed by atoms with E-state index in [0.717, 1.165) is 16.5 Å². The molecule has 2 aromatic rings. The molecule has 10 heteroatoms. The number of benzene rings is 2. The van der Waals surface area contributed by atoms with E-state index in [0.29, 0.717) is 5.56 Å². The van der Waals surface area contributed by atoms with Gasteiger partial charge < -0.3 is 10.6 Å². The molecule has 1 aliphatic rings. The minimum Gasteiger partial charge on any atom is -0.354 e. The normalized spacial score (nSPS) is 12.5. The van der Waals surface area contributed by atoms with Crippen LogP contribution >= 0.6 is 0 Å². The van der Waals surface area contributed by atoms with Gasteiger partial charge in [0.25, 0.3) is 23.4 Å². The lowest BCUT2D eigenvalue weighted by atomic mass is 10.1. The number of hydrogen-bond donors (Lipinski definition) is 2. The fourth-order valence-corrected chi connectivity index (χ4v) is 3.27. The van der Waals surface area contributed by atoms with Gasteiger partial charge in [0, 0.05) is 43.8 Å². The minimum atomic E-state index is -0.631. The molecule has 1 heterocycles. The lowest BCUT2D eigenvalue weighted by molar-refractivity contribution is -0.384.